The number of aliphatic imine (C=N–C) groups is 1. The molecule has 5 nitrogen and oxygen atoms in total. The standard InChI is InChI=1S/C20H23N3O2S/c1-3-14-12-26-20-22-18(15-7-5-6-10-21-15)19(23(14)20)13-8-9-16(24)17(11-13)25-4-2/h5-11,14,18-19,24H,3-4,12H2,1-2H3/t14-,18+,19-/m1/s1. The Morgan fingerprint density at radius 3 is 2.88 bits per heavy atom. The molecule has 1 fully saturated rings. The summed E-state index contributed by atoms with van der Waals surface area (Å²) < 4.78 is 5.62. The van der Waals surface area contributed by atoms with Gasteiger partial charge in [0.2, 0.25) is 0 Å². The van der Waals surface area contributed by atoms with Crippen LogP contribution in [0.3, 0.4) is 0 Å². The fourth-order valence-electron chi connectivity index (χ4n) is 3.70. The predicted octanol–water partition coefficient (Wildman–Crippen LogP) is 4.17. The number of benzene rings is 1. The number of phenolic OH excluding ortho intramolecular Hbond substituents is 1. The van der Waals surface area contributed by atoms with Gasteiger partial charge in [-0.3, -0.25) is 9.98 Å². The number of thioether (sulfide) groups is 1. The molecule has 0 unspecified atom stereocenters. The van der Waals surface area contributed by atoms with Crippen molar-refractivity contribution in [1.82, 2.24) is 9.88 Å². The van der Waals surface area contributed by atoms with Crippen LogP contribution in [0.15, 0.2) is 47.6 Å². The van der Waals surface area contributed by atoms with Crippen molar-refractivity contribution >= 4 is 16.9 Å². The summed E-state index contributed by atoms with van der Waals surface area (Å²) >= 11 is 1.83. The first-order valence-electron chi connectivity index (χ1n) is 9.08. The fourth-order valence-corrected chi connectivity index (χ4v) is 5.03. The smallest absolute Gasteiger partial charge is 0.161 e. The number of phenols is 1. The number of aromatic hydroxyl groups is 1. The predicted molar refractivity (Wildman–Crippen MR) is 105 cm³/mol. The van der Waals surface area contributed by atoms with E-state index in [1.54, 1.807) is 6.07 Å². The first kappa shape index (κ1) is 17.2. The SMILES string of the molecule is CCOc1cc([C@@H]2[C@H](c3ccccn3)N=C3SC[C@@H](CC)N32)ccc1O. The highest BCUT2D eigenvalue weighted by atomic mass is 32.2. The Morgan fingerprint density at radius 2 is 2.15 bits per heavy atom. The second kappa shape index (κ2) is 7.19. The van der Waals surface area contributed by atoms with Crippen LogP contribution in [0.2, 0.25) is 0 Å². The van der Waals surface area contributed by atoms with Crippen molar-refractivity contribution in [3.05, 3.63) is 53.9 Å². The van der Waals surface area contributed by atoms with Crippen LogP contribution in [0.5, 0.6) is 11.5 Å². The Hall–Kier alpha value is -2.21. The zero-order chi connectivity index (χ0) is 18.1. The Morgan fingerprint density at radius 1 is 1.27 bits per heavy atom. The molecule has 1 saturated heterocycles. The second-order valence-electron chi connectivity index (χ2n) is 6.50. The van der Waals surface area contributed by atoms with E-state index in [1.807, 2.05) is 55.2 Å². The third-order valence-corrected chi connectivity index (χ3v) is 6.08. The van der Waals surface area contributed by atoms with E-state index >= 15 is 0 Å². The Balaban J connectivity index is 1.78. The maximum atomic E-state index is 10.1. The minimum absolute atomic E-state index is 0.0490. The highest BCUT2D eigenvalue weighted by Gasteiger charge is 2.45. The lowest BCUT2D eigenvalue weighted by atomic mass is 9.95. The number of rotatable bonds is 5. The number of fused-ring (bicyclic) bond motifs is 1. The first-order valence-corrected chi connectivity index (χ1v) is 10.1. The van der Waals surface area contributed by atoms with E-state index in [0.717, 1.165) is 28.6 Å². The first-order chi connectivity index (χ1) is 12.7. The lowest BCUT2D eigenvalue weighted by molar-refractivity contribution is 0.253. The van der Waals surface area contributed by atoms with Crippen molar-refractivity contribution in [2.24, 2.45) is 4.99 Å². The summed E-state index contributed by atoms with van der Waals surface area (Å²) in [5.74, 6) is 1.77. The molecule has 26 heavy (non-hydrogen) atoms. The third kappa shape index (κ3) is 2.92. The van der Waals surface area contributed by atoms with Crippen molar-refractivity contribution in [3.8, 4) is 11.5 Å². The number of amidine groups is 1. The summed E-state index contributed by atoms with van der Waals surface area (Å²) in [6.45, 7) is 4.66. The van der Waals surface area contributed by atoms with E-state index in [2.05, 4.69) is 16.8 Å². The molecule has 3 atom stereocenters. The van der Waals surface area contributed by atoms with Crippen LogP contribution >= 0.6 is 11.8 Å². The fraction of sp³-hybridized carbons (Fsp3) is 0.400. The average molecular weight is 369 g/mol. The van der Waals surface area contributed by atoms with Gasteiger partial charge in [0.1, 0.15) is 6.04 Å². The summed E-state index contributed by atoms with van der Waals surface area (Å²) in [7, 11) is 0. The minimum atomic E-state index is -0.0490. The van der Waals surface area contributed by atoms with Gasteiger partial charge in [0.15, 0.2) is 16.7 Å². The van der Waals surface area contributed by atoms with Gasteiger partial charge in [0, 0.05) is 18.0 Å². The molecule has 0 spiro atoms. The molecular weight excluding hydrogens is 346 g/mol. The highest BCUT2D eigenvalue weighted by molar-refractivity contribution is 8.14. The molecule has 0 radical (unpaired) electrons. The normalized spacial score (nSPS) is 24.5. The van der Waals surface area contributed by atoms with Gasteiger partial charge < -0.3 is 14.7 Å². The van der Waals surface area contributed by atoms with Crippen LogP contribution in [-0.4, -0.2) is 38.6 Å². The van der Waals surface area contributed by atoms with Gasteiger partial charge in [-0.15, -0.1) is 0 Å². The van der Waals surface area contributed by atoms with Gasteiger partial charge in [-0.25, -0.2) is 0 Å². The number of pyridine rings is 1. The van der Waals surface area contributed by atoms with Crippen LogP contribution in [0.1, 0.15) is 43.6 Å². The lowest BCUT2D eigenvalue weighted by Gasteiger charge is -2.32. The monoisotopic (exact) mass is 369 g/mol. The molecular formula is C20H23N3O2S. The number of hydrogen-bond acceptors (Lipinski definition) is 6. The van der Waals surface area contributed by atoms with Crippen LogP contribution in [-0.2, 0) is 0 Å². The van der Waals surface area contributed by atoms with Crippen molar-refractivity contribution < 1.29 is 9.84 Å². The highest BCUT2D eigenvalue weighted by Crippen LogP contribution is 2.49. The molecule has 2 aliphatic heterocycles. The maximum absolute atomic E-state index is 10.1. The van der Waals surface area contributed by atoms with Gasteiger partial charge in [0.25, 0.3) is 0 Å². The molecule has 2 aliphatic rings. The molecule has 0 saturated carbocycles. The molecule has 3 heterocycles. The third-order valence-electron chi connectivity index (χ3n) is 4.95. The number of nitrogens with zero attached hydrogens (tertiary/aromatic N) is 3. The van der Waals surface area contributed by atoms with Gasteiger partial charge >= 0.3 is 0 Å². The minimum Gasteiger partial charge on any atom is -0.504 e. The van der Waals surface area contributed by atoms with E-state index in [-0.39, 0.29) is 17.8 Å². The zero-order valence-corrected chi connectivity index (χ0v) is 15.8. The topological polar surface area (TPSA) is 58.0 Å². The zero-order valence-electron chi connectivity index (χ0n) is 15.0. The van der Waals surface area contributed by atoms with Crippen LogP contribution in [0.25, 0.3) is 0 Å². The largest absolute Gasteiger partial charge is 0.504 e. The van der Waals surface area contributed by atoms with Gasteiger partial charge in [-0.1, -0.05) is 30.8 Å². The van der Waals surface area contributed by atoms with Crippen molar-refractivity contribution in [2.75, 3.05) is 12.4 Å². The number of aromatic nitrogens is 1. The quantitative estimate of drug-likeness (QED) is 0.857. The van der Waals surface area contributed by atoms with Crippen LogP contribution in [0.4, 0.5) is 0 Å². The van der Waals surface area contributed by atoms with Gasteiger partial charge in [0.05, 0.1) is 18.3 Å². The van der Waals surface area contributed by atoms with E-state index < -0.39 is 0 Å². The summed E-state index contributed by atoms with van der Waals surface area (Å²) in [6, 6.07) is 12.1. The van der Waals surface area contributed by atoms with Crippen molar-refractivity contribution in [1.29, 1.82) is 0 Å². The van der Waals surface area contributed by atoms with Crippen molar-refractivity contribution in [3.63, 3.8) is 0 Å². The summed E-state index contributed by atoms with van der Waals surface area (Å²) in [6.07, 6.45) is 2.90. The molecule has 4 rings (SSSR count). The molecule has 1 N–H and O–H groups in total. The molecule has 1 aromatic heterocycles. The molecule has 136 valence electrons. The molecule has 0 amide bonds. The summed E-state index contributed by atoms with van der Waals surface area (Å²) in [4.78, 5) is 12.0. The van der Waals surface area contributed by atoms with E-state index in [0.29, 0.717) is 18.4 Å². The maximum Gasteiger partial charge on any atom is 0.161 e. The molecule has 1 aromatic carbocycles. The summed E-state index contributed by atoms with van der Waals surface area (Å²) in [5.41, 5.74) is 2.07. The molecule has 0 bridgehead atoms. The van der Waals surface area contributed by atoms with Crippen molar-refractivity contribution in [2.45, 2.75) is 38.4 Å². The summed E-state index contributed by atoms with van der Waals surface area (Å²) in [5, 5.41) is 11.2. The number of ether oxygens (including phenoxy) is 1. The van der Waals surface area contributed by atoms with Crippen LogP contribution in [0, 0.1) is 0 Å². The van der Waals surface area contributed by atoms with E-state index in [9.17, 15) is 5.11 Å². The Bertz CT molecular complexity index is 812. The molecule has 0 aliphatic carbocycles. The Kier molecular flexibility index (Phi) is 4.76. The van der Waals surface area contributed by atoms with E-state index in [1.165, 1.54) is 0 Å². The lowest BCUT2D eigenvalue weighted by Crippen LogP contribution is -2.35. The average Bonchev–Trinajstić information content (AvgIpc) is 3.23. The molecule has 6 heteroatoms. The molecule has 2 aromatic rings. The van der Waals surface area contributed by atoms with E-state index in [4.69, 9.17) is 9.73 Å². The Labute approximate surface area is 158 Å². The second-order valence-corrected chi connectivity index (χ2v) is 7.48. The van der Waals surface area contributed by atoms with Gasteiger partial charge in [-0.2, -0.15) is 0 Å². The van der Waals surface area contributed by atoms with Gasteiger partial charge in [-0.05, 0) is 43.2 Å². The van der Waals surface area contributed by atoms with Crippen LogP contribution < -0.4 is 4.74 Å². The number of hydrogen-bond donors (Lipinski definition) is 1.